The topological polar surface area (TPSA) is 151 Å². The number of carbonyl (C=O) groups excluding carboxylic acids is 1. The minimum atomic E-state index is -5.37. The summed E-state index contributed by atoms with van der Waals surface area (Å²) in [6.07, 6.45) is -1.57. The highest BCUT2D eigenvalue weighted by molar-refractivity contribution is 7.72. The van der Waals surface area contributed by atoms with E-state index >= 15 is 0 Å². The fourth-order valence-electron chi connectivity index (χ4n) is 0.594. The third-order valence-electron chi connectivity index (χ3n) is 1.62. The molecule has 96 valence electrons. The molecule has 0 saturated carbocycles. The van der Waals surface area contributed by atoms with Gasteiger partial charge in [-0.05, 0) is 13.8 Å². The van der Waals surface area contributed by atoms with Crippen molar-refractivity contribution in [2.45, 2.75) is 18.9 Å². The molecule has 0 aliphatic carbocycles. The number of ether oxygens (including phenoxy) is 2. The van der Waals surface area contributed by atoms with Gasteiger partial charge < -0.3 is 29.0 Å². The lowest BCUT2D eigenvalue weighted by Gasteiger charge is -2.29. The van der Waals surface area contributed by atoms with Crippen LogP contribution in [0.2, 0.25) is 0 Å². The van der Waals surface area contributed by atoms with Crippen molar-refractivity contribution in [2.75, 3.05) is 6.61 Å². The van der Waals surface area contributed by atoms with Crippen LogP contribution in [0, 0.1) is 0 Å². The van der Waals surface area contributed by atoms with Crippen LogP contribution >= 0.6 is 15.2 Å². The third-order valence-corrected chi connectivity index (χ3v) is 5.53. The van der Waals surface area contributed by atoms with Gasteiger partial charge in [0.05, 0.1) is 6.61 Å². The van der Waals surface area contributed by atoms with E-state index in [2.05, 4.69) is 9.47 Å². The zero-order valence-corrected chi connectivity index (χ0v) is 10.2. The summed E-state index contributed by atoms with van der Waals surface area (Å²) in [5.74, 6) is 0. The third kappa shape index (κ3) is 3.28. The maximum Gasteiger partial charge on any atom is 0.510 e. The summed E-state index contributed by atoms with van der Waals surface area (Å²) in [5.41, 5.74) is 0. The summed E-state index contributed by atoms with van der Waals surface area (Å²) < 4.78 is 30.0. The maximum atomic E-state index is 10.9. The van der Waals surface area contributed by atoms with Gasteiger partial charge in [-0.25, -0.2) is 4.79 Å². The lowest BCUT2D eigenvalue weighted by molar-refractivity contribution is 0.0242. The lowest BCUT2D eigenvalue weighted by atomic mass is 10.8. The molecule has 0 bridgehead atoms. The van der Waals surface area contributed by atoms with E-state index < -0.39 is 26.4 Å². The van der Waals surface area contributed by atoms with Crippen LogP contribution in [0.3, 0.4) is 0 Å². The van der Waals surface area contributed by atoms with Crippen LogP contribution in [0.25, 0.3) is 0 Å². The summed E-state index contributed by atoms with van der Waals surface area (Å²) in [6.45, 7) is 1.65. The average molecular weight is 278 g/mol. The van der Waals surface area contributed by atoms with Gasteiger partial charge in [0, 0.05) is 0 Å². The normalized spacial score (nSPS) is 13.4. The van der Waals surface area contributed by atoms with Gasteiger partial charge >= 0.3 is 26.4 Å². The molecule has 0 amide bonds. The molecule has 0 fully saturated rings. The Balaban J connectivity index is 5.23. The average Bonchev–Trinajstić information content (AvgIpc) is 1.99. The lowest BCUT2D eigenvalue weighted by Crippen LogP contribution is -2.32. The number of carbonyl (C=O) groups is 1. The second kappa shape index (κ2) is 4.83. The van der Waals surface area contributed by atoms with E-state index in [0.717, 1.165) is 0 Å². The van der Waals surface area contributed by atoms with Gasteiger partial charge in [-0.2, -0.15) is 0 Å². The molecule has 0 aliphatic rings. The van der Waals surface area contributed by atoms with Gasteiger partial charge in [-0.1, -0.05) is 0 Å². The van der Waals surface area contributed by atoms with Crippen molar-refractivity contribution in [3.05, 3.63) is 0 Å². The Hall–Kier alpha value is -0.430. The molecule has 0 radical (unpaired) electrons. The Morgan fingerprint density at radius 1 is 1.19 bits per heavy atom. The molecule has 0 spiro atoms. The Kier molecular flexibility index (Phi) is 4.70. The summed E-state index contributed by atoms with van der Waals surface area (Å²) in [4.78, 5) is 45.9. The summed E-state index contributed by atoms with van der Waals surface area (Å²) >= 11 is 0. The number of hydrogen-bond acceptors (Lipinski definition) is 5. The summed E-state index contributed by atoms with van der Waals surface area (Å²) in [7, 11) is -10.7. The minimum Gasteiger partial charge on any atom is -0.435 e. The van der Waals surface area contributed by atoms with Crippen LogP contribution in [-0.2, 0) is 18.6 Å². The van der Waals surface area contributed by atoms with Gasteiger partial charge in [0.25, 0.3) is 0 Å². The largest absolute Gasteiger partial charge is 0.510 e. The molecule has 0 aliphatic heterocycles. The Labute approximate surface area is 90.7 Å². The van der Waals surface area contributed by atoms with E-state index in [-0.39, 0.29) is 6.61 Å². The fraction of sp³-hybridized carbons (Fsp3) is 0.800. The summed E-state index contributed by atoms with van der Waals surface area (Å²) in [6, 6.07) is 0. The van der Waals surface area contributed by atoms with Gasteiger partial charge in [-0.3, -0.25) is 9.13 Å². The van der Waals surface area contributed by atoms with E-state index in [1.54, 1.807) is 0 Å². The fourth-order valence-corrected chi connectivity index (χ4v) is 2.34. The molecule has 0 saturated heterocycles. The molecule has 16 heavy (non-hydrogen) atoms. The van der Waals surface area contributed by atoms with Gasteiger partial charge in [0.1, 0.15) is 0 Å². The predicted octanol–water partition coefficient (Wildman–Crippen LogP) is 0.189. The molecule has 9 nitrogen and oxygen atoms in total. The first kappa shape index (κ1) is 15.6. The molecular weight excluding hydrogens is 266 g/mol. The Bertz CT molecular complexity index is 329. The van der Waals surface area contributed by atoms with E-state index in [9.17, 15) is 13.9 Å². The first-order chi connectivity index (χ1) is 6.95. The van der Waals surface area contributed by atoms with Crippen molar-refractivity contribution < 1.29 is 43.0 Å². The molecule has 0 unspecified atom stereocenters. The highest BCUT2D eigenvalue weighted by atomic mass is 31.2. The second-order valence-corrected chi connectivity index (χ2v) is 7.04. The second-order valence-electron chi connectivity index (χ2n) is 2.81. The smallest absolute Gasteiger partial charge is 0.435 e. The van der Waals surface area contributed by atoms with Crippen LogP contribution < -0.4 is 0 Å². The molecular formula is C5H12O9P2. The first-order valence-electron chi connectivity index (χ1n) is 3.92. The Morgan fingerprint density at radius 3 is 1.81 bits per heavy atom. The van der Waals surface area contributed by atoms with Gasteiger partial charge in [-0.15, -0.1) is 0 Å². The Morgan fingerprint density at radius 2 is 1.56 bits per heavy atom. The van der Waals surface area contributed by atoms with Crippen LogP contribution in [0.5, 0.6) is 0 Å². The molecule has 11 heteroatoms. The maximum absolute atomic E-state index is 10.9. The number of hydrogen-bond donors (Lipinski definition) is 4. The van der Waals surface area contributed by atoms with Crippen LogP contribution in [0.15, 0.2) is 0 Å². The quantitative estimate of drug-likeness (QED) is 0.417. The van der Waals surface area contributed by atoms with E-state index in [1.807, 2.05) is 0 Å². The molecule has 0 aromatic carbocycles. The highest BCUT2D eigenvalue weighted by Crippen LogP contribution is 2.69. The molecule has 0 heterocycles. The zero-order valence-electron chi connectivity index (χ0n) is 8.43. The van der Waals surface area contributed by atoms with Crippen molar-refractivity contribution in [1.29, 1.82) is 0 Å². The molecule has 0 aromatic heterocycles. The van der Waals surface area contributed by atoms with Crippen LogP contribution in [0.1, 0.15) is 13.8 Å². The molecule has 0 atom stereocenters. The molecule has 0 aromatic rings. The van der Waals surface area contributed by atoms with Crippen LogP contribution in [-0.4, -0.2) is 37.4 Å². The van der Waals surface area contributed by atoms with Crippen LogP contribution in [0.4, 0.5) is 4.79 Å². The van der Waals surface area contributed by atoms with Crippen molar-refractivity contribution in [3.63, 3.8) is 0 Å². The van der Waals surface area contributed by atoms with Gasteiger partial charge in [0.15, 0.2) is 0 Å². The first-order valence-corrected chi connectivity index (χ1v) is 7.15. The molecule has 0 rings (SSSR count). The number of rotatable bonds is 4. The van der Waals surface area contributed by atoms with E-state index in [4.69, 9.17) is 19.6 Å². The SMILES string of the molecule is CCOC(=O)OC(C)(P(=O)(O)O)P(=O)(O)O. The zero-order chi connectivity index (χ0) is 13.2. The van der Waals surface area contributed by atoms with Gasteiger partial charge in [0.2, 0.25) is 0 Å². The van der Waals surface area contributed by atoms with Crippen molar-refractivity contribution in [1.82, 2.24) is 0 Å². The van der Waals surface area contributed by atoms with Crippen molar-refractivity contribution in [2.24, 2.45) is 0 Å². The summed E-state index contributed by atoms with van der Waals surface area (Å²) in [5, 5.41) is -3.24. The monoisotopic (exact) mass is 278 g/mol. The predicted molar refractivity (Wildman–Crippen MR) is 50.6 cm³/mol. The standard InChI is InChI=1S/C5H12O9P2/c1-3-13-4(6)14-5(2,15(7,8)9)16(10,11)12/h3H2,1-2H3,(H2,7,8,9)(H2,10,11,12). The van der Waals surface area contributed by atoms with E-state index in [0.29, 0.717) is 6.92 Å². The van der Waals surface area contributed by atoms with E-state index in [1.165, 1.54) is 6.92 Å². The van der Waals surface area contributed by atoms with Crippen molar-refractivity contribution in [3.8, 4) is 0 Å². The molecule has 4 N–H and O–H groups in total. The minimum absolute atomic E-state index is 0.169. The highest BCUT2D eigenvalue weighted by Gasteiger charge is 2.60. The van der Waals surface area contributed by atoms with Crippen molar-refractivity contribution >= 4 is 21.3 Å².